The molecule has 5 nitrogen and oxygen atoms in total. The fourth-order valence-electron chi connectivity index (χ4n) is 4.45. The van der Waals surface area contributed by atoms with Gasteiger partial charge in [-0.1, -0.05) is 48.4 Å². The Hall–Kier alpha value is -1.54. The Labute approximate surface area is 209 Å². The molecule has 8 heteroatoms. The van der Waals surface area contributed by atoms with Crippen LogP contribution in [0.25, 0.3) is 11.1 Å². The number of hydrogen-bond acceptors (Lipinski definition) is 5. The first kappa shape index (κ1) is 24.6. The second-order valence-corrected chi connectivity index (χ2v) is 11.2. The fraction of sp³-hybridized carbons (Fsp3) is 0.480. The van der Waals surface area contributed by atoms with Gasteiger partial charge in [0.1, 0.15) is 0 Å². The molecule has 0 radical (unpaired) electrons. The molecule has 1 saturated carbocycles. The number of piperazine rings is 1. The number of nitrogens with zero attached hydrogens (tertiary/aromatic N) is 4. The summed E-state index contributed by atoms with van der Waals surface area (Å²) in [5.41, 5.74) is 2.02. The topological polar surface area (TPSA) is 39.2 Å². The van der Waals surface area contributed by atoms with Crippen LogP contribution in [0.15, 0.2) is 58.4 Å². The molecule has 2 aromatic carbocycles. The van der Waals surface area contributed by atoms with Crippen LogP contribution >= 0.6 is 23.4 Å². The zero-order chi connectivity index (χ0) is 23.2. The van der Waals surface area contributed by atoms with Gasteiger partial charge in [-0.05, 0) is 49.1 Å². The van der Waals surface area contributed by atoms with Crippen LogP contribution in [0, 0.1) is 0 Å². The van der Waals surface area contributed by atoms with E-state index >= 15 is 0 Å². The van der Waals surface area contributed by atoms with Gasteiger partial charge in [-0.15, -0.1) is 0 Å². The molecule has 2 aliphatic heterocycles. The van der Waals surface area contributed by atoms with E-state index in [9.17, 15) is 4.21 Å². The maximum Gasteiger partial charge on any atom is 0.209 e. The summed E-state index contributed by atoms with van der Waals surface area (Å²) in [7, 11) is -1.25. The van der Waals surface area contributed by atoms with E-state index in [1.165, 1.54) is 19.3 Å². The molecule has 2 fully saturated rings. The average molecular weight is 505 g/mol. The summed E-state index contributed by atoms with van der Waals surface area (Å²) < 4.78 is 15.3. The van der Waals surface area contributed by atoms with Crippen LogP contribution in [-0.2, 0) is 11.0 Å². The number of thioether (sulfide) groups is 1. The molecular formula is C25H33ClN4OS2. The van der Waals surface area contributed by atoms with E-state index in [-0.39, 0.29) is 0 Å². The highest BCUT2D eigenvalue weighted by molar-refractivity contribution is 7.97. The highest BCUT2D eigenvalue weighted by Crippen LogP contribution is 2.29. The quantitative estimate of drug-likeness (QED) is 0.596. The Kier molecular flexibility index (Phi) is 8.74. The van der Waals surface area contributed by atoms with Crippen LogP contribution in [0.3, 0.4) is 0 Å². The van der Waals surface area contributed by atoms with Gasteiger partial charge in [0.25, 0.3) is 0 Å². The van der Waals surface area contributed by atoms with Crippen molar-refractivity contribution in [2.75, 3.05) is 51.8 Å². The highest BCUT2D eigenvalue weighted by Gasteiger charge is 2.33. The number of benzene rings is 2. The smallest absolute Gasteiger partial charge is 0.209 e. The minimum Gasteiger partial charge on any atom is -0.339 e. The van der Waals surface area contributed by atoms with E-state index in [0.717, 1.165) is 59.2 Å². The van der Waals surface area contributed by atoms with Gasteiger partial charge in [0.2, 0.25) is 5.96 Å². The van der Waals surface area contributed by atoms with Crippen molar-refractivity contribution in [3.8, 4) is 11.1 Å². The van der Waals surface area contributed by atoms with E-state index < -0.39 is 11.0 Å². The van der Waals surface area contributed by atoms with Gasteiger partial charge in [-0.25, -0.2) is 4.21 Å². The summed E-state index contributed by atoms with van der Waals surface area (Å²) in [5.74, 6) is 0.900. The standard InChI is InChI=1S/C23H27ClN4OS.C2H6S/c24-22-7-2-1-6-21(22)18-8-10-20(11-9-18)30(29)28-13-12-25-23(28)27-16-14-26(15-17-27)19-4-3-5-19;1-3-2/h1-2,6-11,19H,3-5,12-17H2;1-2H3. The minimum absolute atomic E-state index is 0.705. The number of guanidine groups is 1. The van der Waals surface area contributed by atoms with Crippen LogP contribution in [-0.4, -0.2) is 82.1 Å². The van der Waals surface area contributed by atoms with Crippen LogP contribution in [0.4, 0.5) is 0 Å². The Morgan fingerprint density at radius 3 is 2.24 bits per heavy atom. The number of halogens is 1. The van der Waals surface area contributed by atoms with Crippen LogP contribution in [0.5, 0.6) is 0 Å². The number of rotatable bonds is 4. The third-order valence-electron chi connectivity index (χ3n) is 6.41. The molecule has 178 valence electrons. The van der Waals surface area contributed by atoms with Crippen molar-refractivity contribution in [2.45, 2.75) is 30.2 Å². The molecule has 2 heterocycles. The van der Waals surface area contributed by atoms with Gasteiger partial charge in [0.15, 0.2) is 11.0 Å². The van der Waals surface area contributed by atoms with Gasteiger partial charge < -0.3 is 4.90 Å². The molecule has 1 saturated heterocycles. The highest BCUT2D eigenvalue weighted by atomic mass is 35.5. The zero-order valence-electron chi connectivity index (χ0n) is 19.5. The molecule has 5 rings (SSSR count). The SMILES string of the molecule is CSC.O=S(c1ccc(-c2ccccc2Cl)cc1)N1CCN=C1N1CCN(C2CCC2)CC1. The third kappa shape index (κ3) is 5.76. The predicted octanol–water partition coefficient (Wildman–Crippen LogP) is 4.85. The summed E-state index contributed by atoms with van der Waals surface area (Å²) in [6, 6.07) is 16.5. The summed E-state index contributed by atoms with van der Waals surface area (Å²) in [6.07, 6.45) is 8.15. The maximum atomic E-state index is 13.3. The van der Waals surface area contributed by atoms with Crippen molar-refractivity contribution < 1.29 is 4.21 Å². The first-order chi connectivity index (χ1) is 16.1. The molecule has 2 aromatic rings. The molecule has 1 unspecified atom stereocenters. The molecule has 1 atom stereocenters. The van der Waals surface area contributed by atoms with E-state index in [1.807, 2.05) is 65.3 Å². The van der Waals surface area contributed by atoms with Crippen LogP contribution in [0.2, 0.25) is 5.02 Å². The first-order valence-corrected chi connectivity index (χ1v) is 14.7. The van der Waals surface area contributed by atoms with Gasteiger partial charge >= 0.3 is 0 Å². The lowest BCUT2D eigenvalue weighted by atomic mass is 9.91. The Morgan fingerprint density at radius 2 is 1.64 bits per heavy atom. The monoisotopic (exact) mass is 504 g/mol. The lowest BCUT2D eigenvalue weighted by Gasteiger charge is -2.44. The Bertz CT molecular complexity index is 973. The van der Waals surface area contributed by atoms with E-state index in [1.54, 1.807) is 11.8 Å². The molecule has 3 aliphatic rings. The Morgan fingerprint density at radius 1 is 0.970 bits per heavy atom. The molecular weight excluding hydrogens is 472 g/mol. The molecule has 0 spiro atoms. The molecule has 0 aromatic heterocycles. The summed E-state index contributed by atoms with van der Waals surface area (Å²) >= 11 is 8.07. The van der Waals surface area contributed by atoms with Crippen molar-refractivity contribution in [3.63, 3.8) is 0 Å². The summed E-state index contributed by atoms with van der Waals surface area (Å²) in [6.45, 7) is 5.51. The van der Waals surface area contributed by atoms with E-state index in [0.29, 0.717) is 13.1 Å². The number of hydrogen-bond donors (Lipinski definition) is 0. The lowest BCUT2D eigenvalue weighted by Crippen LogP contribution is -2.55. The Balaban J connectivity index is 0.000000821. The van der Waals surface area contributed by atoms with Crippen molar-refractivity contribution in [1.29, 1.82) is 0 Å². The van der Waals surface area contributed by atoms with Crippen LogP contribution in [0.1, 0.15) is 19.3 Å². The second-order valence-electron chi connectivity index (χ2n) is 8.55. The molecule has 0 amide bonds. The van der Waals surface area contributed by atoms with Crippen molar-refractivity contribution in [2.24, 2.45) is 4.99 Å². The largest absolute Gasteiger partial charge is 0.339 e. The van der Waals surface area contributed by atoms with Crippen LogP contribution < -0.4 is 0 Å². The first-order valence-electron chi connectivity index (χ1n) is 11.6. The van der Waals surface area contributed by atoms with E-state index in [2.05, 4.69) is 9.80 Å². The molecule has 1 aliphatic carbocycles. The fourth-order valence-corrected chi connectivity index (χ4v) is 5.88. The van der Waals surface area contributed by atoms with Crippen molar-refractivity contribution in [3.05, 3.63) is 53.6 Å². The summed E-state index contributed by atoms with van der Waals surface area (Å²) in [4.78, 5) is 10.4. The van der Waals surface area contributed by atoms with Gasteiger partial charge in [-0.2, -0.15) is 11.8 Å². The maximum absolute atomic E-state index is 13.3. The second kappa shape index (κ2) is 11.7. The lowest BCUT2D eigenvalue weighted by molar-refractivity contribution is 0.0834. The van der Waals surface area contributed by atoms with E-state index in [4.69, 9.17) is 16.6 Å². The third-order valence-corrected chi connectivity index (χ3v) is 8.16. The number of aliphatic imine (C=N–C) groups is 1. The van der Waals surface area contributed by atoms with Crippen molar-refractivity contribution >= 4 is 40.3 Å². The zero-order valence-corrected chi connectivity index (χ0v) is 21.8. The van der Waals surface area contributed by atoms with Gasteiger partial charge in [0, 0.05) is 42.8 Å². The summed E-state index contributed by atoms with van der Waals surface area (Å²) in [5, 5.41) is 0.723. The molecule has 33 heavy (non-hydrogen) atoms. The predicted molar refractivity (Wildman–Crippen MR) is 143 cm³/mol. The average Bonchev–Trinajstić information content (AvgIpc) is 3.29. The van der Waals surface area contributed by atoms with Gasteiger partial charge in [0.05, 0.1) is 18.0 Å². The minimum atomic E-state index is -1.25. The van der Waals surface area contributed by atoms with Gasteiger partial charge in [-0.3, -0.25) is 14.2 Å². The molecule has 0 N–H and O–H groups in total. The normalized spacial score (nSPS) is 20.0. The van der Waals surface area contributed by atoms with Crippen molar-refractivity contribution in [1.82, 2.24) is 14.1 Å². The molecule has 0 bridgehead atoms.